The molecule has 0 aromatic heterocycles. The molecule has 0 fully saturated rings. The zero-order valence-electron chi connectivity index (χ0n) is 11.4. The molecule has 0 saturated carbocycles. The number of carbonyl (C=O) groups excluding carboxylic acids is 1. The molecule has 19 heavy (non-hydrogen) atoms. The second-order valence-corrected chi connectivity index (χ2v) is 5.51. The molecule has 106 valence electrons. The van der Waals surface area contributed by atoms with E-state index in [9.17, 15) is 9.90 Å². The number of carbonyl (C=O) groups is 1. The van der Waals surface area contributed by atoms with Gasteiger partial charge in [0.2, 0.25) is 0 Å². The lowest BCUT2D eigenvalue weighted by Gasteiger charge is -2.21. The first-order valence-corrected chi connectivity index (χ1v) is 6.47. The summed E-state index contributed by atoms with van der Waals surface area (Å²) in [5, 5.41) is 13.3. The van der Waals surface area contributed by atoms with Gasteiger partial charge in [-0.1, -0.05) is 23.7 Å². The van der Waals surface area contributed by atoms with E-state index in [2.05, 4.69) is 5.32 Å². The van der Waals surface area contributed by atoms with E-state index in [1.54, 1.807) is 38.1 Å². The number of hydrogen-bond donors (Lipinski definition) is 2. The van der Waals surface area contributed by atoms with Crippen molar-refractivity contribution in [3.8, 4) is 0 Å². The molecule has 1 aromatic rings. The number of halogens is 1. The fourth-order valence-corrected chi connectivity index (χ4v) is 1.82. The highest BCUT2D eigenvalue weighted by Crippen LogP contribution is 2.19. The van der Waals surface area contributed by atoms with E-state index in [1.165, 1.54) is 7.11 Å². The van der Waals surface area contributed by atoms with Crippen molar-refractivity contribution >= 4 is 17.6 Å². The molecule has 0 heterocycles. The summed E-state index contributed by atoms with van der Waals surface area (Å²) < 4.78 is 4.81. The van der Waals surface area contributed by atoms with Crippen LogP contribution in [0.1, 0.15) is 25.3 Å². The Balaban J connectivity index is 2.73. The average molecular weight is 286 g/mol. The fourth-order valence-electron chi connectivity index (χ4n) is 1.70. The van der Waals surface area contributed by atoms with E-state index < -0.39 is 11.5 Å². The lowest BCUT2D eigenvalue weighted by atomic mass is 9.99. The molecule has 0 radical (unpaired) electrons. The predicted octanol–water partition coefficient (Wildman–Crippen LogP) is 1.96. The standard InChI is InChI=1S/C14H20ClNO3/c1-14(2,18)9-16-8-12(13(17)19-3)10-4-6-11(15)7-5-10/h4-7,12,16,18H,8-9H2,1-3H3. The molecular weight excluding hydrogens is 266 g/mol. The van der Waals surface area contributed by atoms with Gasteiger partial charge in [-0.05, 0) is 31.5 Å². The normalized spacial score (nSPS) is 13.1. The minimum atomic E-state index is -0.819. The molecule has 1 unspecified atom stereocenters. The van der Waals surface area contributed by atoms with Gasteiger partial charge in [-0.3, -0.25) is 4.79 Å². The number of hydrogen-bond acceptors (Lipinski definition) is 4. The molecule has 0 aliphatic heterocycles. The van der Waals surface area contributed by atoms with Crippen molar-refractivity contribution in [3.63, 3.8) is 0 Å². The van der Waals surface area contributed by atoms with E-state index in [1.807, 2.05) is 0 Å². The van der Waals surface area contributed by atoms with Crippen LogP contribution in [-0.2, 0) is 9.53 Å². The van der Waals surface area contributed by atoms with Crippen molar-refractivity contribution < 1.29 is 14.6 Å². The van der Waals surface area contributed by atoms with Gasteiger partial charge in [-0.15, -0.1) is 0 Å². The maximum atomic E-state index is 11.8. The average Bonchev–Trinajstić information content (AvgIpc) is 2.34. The molecule has 1 rings (SSSR count). The minimum Gasteiger partial charge on any atom is -0.469 e. The van der Waals surface area contributed by atoms with Crippen LogP contribution in [-0.4, -0.2) is 36.9 Å². The minimum absolute atomic E-state index is 0.314. The van der Waals surface area contributed by atoms with Gasteiger partial charge in [0.25, 0.3) is 0 Å². The number of benzene rings is 1. The van der Waals surface area contributed by atoms with Crippen LogP contribution < -0.4 is 5.32 Å². The fraction of sp³-hybridized carbons (Fsp3) is 0.500. The molecule has 1 aromatic carbocycles. The molecule has 5 heteroatoms. The summed E-state index contributed by atoms with van der Waals surface area (Å²) in [5.41, 5.74) is 0.0141. The first-order valence-electron chi connectivity index (χ1n) is 6.10. The number of methoxy groups -OCH3 is 1. The van der Waals surface area contributed by atoms with Crippen molar-refractivity contribution in [2.75, 3.05) is 20.2 Å². The van der Waals surface area contributed by atoms with Crippen LogP contribution in [0.5, 0.6) is 0 Å². The second-order valence-electron chi connectivity index (χ2n) is 5.07. The van der Waals surface area contributed by atoms with Gasteiger partial charge in [-0.25, -0.2) is 0 Å². The Labute approximate surface area is 118 Å². The largest absolute Gasteiger partial charge is 0.469 e. The first kappa shape index (κ1) is 16.0. The summed E-state index contributed by atoms with van der Waals surface area (Å²) in [7, 11) is 1.36. The Hall–Kier alpha value is -1.10. The molecule has 0 aliphatic carbocycles. The topological polar surface area (TPSA) is 58.6 Å². The van der Waals surface area contributed by atoms with Crippen molar-refractivity contribution in [1.82, 2.24) is 5.32 Å². The van der Waals surface area contributed by atoms with Crippen LogP contribution >= 0.6 is 11.6 Å². The van der Waals surface area contributed by atoms with Gasteiger partial charge in [0.05, 0.1) is 18.6 Å². The third-order valence-corrected chi connectivity index (χ3v) is 2.92. The van der Waals surface area contributed by atoms with Crippen LogP contribution in [0.15, 0.2) is 24.3 Å². The highest BCUT2D eigenvalue weighted by atomic mass is 35.5. The van der Waals surface area contributed by atoms with E-state index in [-0.39, 0.29) is 5.97 Å². The monoisotopic (exact) mass is 285 g/mol. The molecule has 0 saturated heterocycles. The number of ether oxygens (including phenoxy) is 1. The Morgan fingerprint density at radius 1 is 1.42 bits per heavy atom. The van der Waals surface area contributed by atoms with Crippen molar-refractivity contribution in [3.05, 3.63) is 34.9 Å². The van der Waals surface area contributed by atoms with Gasteiger partial charge < -0.3 is 15.2 Å². The first-order chi connectivity index (χ1) is 8.83. The van der Waals surface area contributed by atoms with Crippen LogP contribution in [0.3, 0.4) is 0 Å². The molecule has 0 amide bonds. The van der Waals surface area contributed by atoms with Gasteiger partial charge in [-0.2, -0.15) is 0 Å². The maximum absolute atomic E-state index is 11.8. The number of aliphatic hydroxyl groups is 1. The zero-order valence-corrected chi connectivity index (χ0v) is 12.2. The molecule has 0 spiro atoms. The van der Waals surface area contributed by atoms with Gasteiger partial charge in [0.1, 0.15) is 0 Å². The van der Waals surface area contributed by atoms with E-state index in [0.29, 0.717) is 18.1 Å². The number of nitrogens with one attached hydrogen (secondary N) is 1. The van der Waals surface area contributed by atoms with Gasteiger partial charge in [0, 0.05) is 18.1 Å². The quantitative estimate of drug-likeness (QED) is 0.785. The molecule has 2 N–H and O–H groups in total. The number of rotatable bonds is 6. The van der Waals surface area contributed by atoms with Crippen LogP contribution in [0.2, 0.25) is 5.02 Å². The summed E-state index contributed by atoms with van der Waals surface area (Å²) >= 11 is 5.83. The highest BCUT2D eigenvalue weighted by Gasteiger charge is 2.22. The summed E-state index contributed by atoms with van der Waals surface area (Å²) in [5.74, 6) is -0.727. The smallest absolute Gasteiger partial charge is 0.314 e. The zero-order chi connectivity index (χ0) is 14.5. The van der Waals surface area contributed by atoms with E-state index >= 15 is 0 Å². The highest BCUT2D eigenvalue weighted by molar-refractivity contribution is 6.30. The third kappa shape index (κ3) is 5.59. The maximum Gasteiger partial charge on any atom is 0.314 e. The summed E-state index contributed by atoms with van der Waals surface area (Å²) in [6, 6.07) is 7.08. The Kier molecular flexibility index (Phi) is 5.79. The molecule has 0 aliphatic rings. The van der Waals surface area contributed by atoms with Crippen molar-refractivity contribution in [2.45, 2.75) is 25.4 Å². The lowest BCUT2D eigenvalue weighted by molar-refractivity contribution is -0.142. The van der Waals surface area contributed by atoms with Crippen LogP contribution in [0.4, 0.5) is 0 Å². The van der Waals surface area contributed by atoms with Crippen molar-refractivity contribution in [2.24, 2.45) is 0 Å². The summed E-state index contributed by atoms with van der Waals surface area (Å²) in [4.78, 5) is 11.8. The van der Waals surface area contributed by atoms with Gasteiger partial charge in [0.15, 0.2) is 0 Å². The SMILES string of the molecule is COC(=O)C(CNCC(C)(C)O)c1ccc(Cl)cc1. The Morgan fingerprint density at radius 3 is 2.47 bits per heavy atom. The predicted molar refractivity (Wildman–Crippen MR) is 75.4 cm³/mol. The second kappa shape index (κ2) is 6.89. The Bertz CT molecular complexity index is 412. The molecular formula is C14H20ClNO3. The molecule has 0 bridgehead atoms. The Morgan fingerprint density at radius 2 is 2.00 bits per heavy atom. The molecule has 1 atom stereocenters. The van der Waals surface area contributed by atoms with Crippen LogP contribution in [0, 0.1) is 0 Å². The molecule has 4 nitrogen and oxygen atoms in total. The van der Waals surface area contributed by atoms with Crippen molar-refractivity contribution in [1.29, 1.82) is 0 Å². The number of esters is 1. The van der Waals surface area contributed by atoms with Gasteiger partial charge >= 0.3 is 5.97 Å². The summed E-state index contributed by atoms with van der Waals surface area (Å²) in [6.07, 6.45) is 0. The van der Waals surface area contributed by atoms with E-state index in [4.69, 9.17) is 16.3 Å². The van der Waals surface area contributed by atoms with E-state index in [0.717, 1.165) is 5.56 Å². The summed E-state index contributed by atoms with van der Waals surface area (Å²) in [6.45, 7) is 4.21. The third-order valence-electron chi connectivity index (χ3n) is 2.66. The lowest BCUT2D eigenvalue weighted by Crippen LogP contribution is -2.38. The van der Waals surface area contributed by atoms with Crippen LogP contribution in [0.25, 0.3) is 0 Å².